The monoisotopic (exact) mass is 283 g/mol. The number of hydrogen-bond donors (Lipinski definition) is 2. The minimum atomic E-state index is -0.795. The lowest BCUT2D eigenvalue weighted by atomic mass is 9.87. The predicted octanol–water partition coefficient (Wildman–Crippen LogP) is 1.95. The number of carboxylic acid groups (broad SMARTS) is 1. The third kappa shape index (κ3) is 5.12. The zero-order chi connectivity index (χ0) is 14.4. The Morgan fingerprint density at radius 2 is 1.75 bits per heavy atom. The summed E-state index contributed by atoms with van der Waals surface area (Å²) < 4.78 is 5.35. The van der Waals surface area contributed by atoms with E-state index in [-0.39, 0.29) is 18.6 Å². The third-order valence-electron chi connectivity index (χ3n) is 4.21. The molecule has 1 amide bonds. The Labute approximate surface area is 120 Å². The largest absolute Gasteiger partial charge is 0.481 e. The van der Waals surface area contributed by atoms with E-state index in [2.05, 4.69) is 5.32 Å². The van der Waals surface area contributed by atoms with Crippen LogP contribution in [0.25, 0.3) is 0 Å². The zero-order valence-corrected chi connectivity index (χ0v) is 12.0. The third-order valence-corrected chi connectivity index (χ3v) is 4.21. The number of hydrogen-bond acceptors (Lipinski definition) is 3. The minimum absolute atomic E-state index is 0.0549. The highest BCUT2D eigenvalue weighted by atomic mass is 16.5. The van der Waals surface area contributed by atoms with E-state index in [1.807, 2.05) is 0 Å². The summed E-state index contributed by atoms with van der Waals surface area (Å²) in [5.41, 5.74) is 0. The molecule has 0 bridgehead atoms. The van der Waals surface area contributed by atoms with Gasteiger partial charge in [0.2, 0.25) is 5.91 Å². The molecule has 20 heavy (non-hydrogen) atoms. The van der Waals surface area contributed by atoms with E-state index in [0.29, 0.717) is 18.9 Å². The Morgan fingerprint density at radius 1 is 1.05 bits per heavy atom. The van der Waals surface area contributed by atoms with Crippen molar-refractivity contribution in [3.8, 4) is 0 Å². The molecular formula is C15H25NO4. The van der Waals surface area contributed by atoms with Crippen molar-refractivity contribution in [2.24, 2.45) is 11.8 Å². The van der Waals surface area contributed by atoms with Gasteiger partial charge in [-0.1, -0.05) is 25.7 Å². The molecule has 5 nitrogen and oxygen atoms in total. The van der Waals surface area contributed by atoms with E-state index < -0.39 is 11.9 Å². The maximum Gasteiger partial charge on any atom is 0.308 e. The molecule has 2 fully saturated rings. The summed E-state index contributed by atoms with van der Waals surface area (Å²) in [5, 5.41) is 12.2. The average Bonchev–Trinajstić information content (AvgIpc) is 3.16. The second kappa shape index (κ2) is 7.62. The first-order valence-corrected chi connectivity index (χ1v) is 7.76. The van der Waals surface area contributed by atoms with Gasteiger partial charge < -0.3 is 15.2 Å². The van der Waals surface area contributed by atoms with Crippen LogP contribution in [0.2, 0.25) is 0 Å². The van der Waals surface area contributed by atoms with Crippen molar-refractivity contribution in [3.63, 3.8) is 0 Å². The lowest BCUT2D eigenvalue weighted by Crippen LogP contribution is -2.45. The second-order valence-corrected chi connectivity index (χ2v) is 6.07. The van der Waals surface area contributed by atoms with Crippen molar-refractivity contribution < 1.29 is 19.4 Å². The molecule has 2 unspecified atom stereocenters. The molecule has 2 saturated carbocycles. The Kier molecular flexibility index (Phi) is 5.83. The number of ether oxygens (including phenoxy) is 1. The summed E-state index contributed by atoms with van der Waals surface area (Å²) in [7, 11) is 0. The van der Waals surface area contributed by atoms with Crippen LogP contribution in [-0.4, -0.2) is 36.2 Å². The van der Waals surface area contributed by atoms with Gasteiger partial charge in [-0.25, -0.2) is 0 Å². The van der Waals surface area contributed by atoms with Crippen LogP contribution in [0.3, 0.4) is 0 Å². The van der Waals surface area contributed by atoms with Crippen LogP contribution in [0.5, 0.6) is 0 Å². The van der Waals surface area contributed by atoms with Gasteiger partial charge in [0.1, 0.15) is 6.61 Å². The topological polar surface area (TPSA) is 75.6 Å². The molecule has 0 aromatic carbocycles. The predicted molar refractivity (Wildman–Crippen MR) is 74.3 cm³/mol. The fourth-order valence-corrected chi connectivity index (χ4v) is 2.80. The van der Waals surface area contributed by atoms with Gasteiger partial charge >= 0.3 is 5.97 Å². The summed E-state index contributed by atoms with van der Waals surface area (Å²) in [6.07, 6.45) is 7.94. The van der Waals surface area contributed by atoms with Gasteiger partial charge in [0.05, 0.1) is 12.5 Å². The molecule has 114 valence electrons. The van der Waals surface area contributed by atoms with Crippen molar-refractivity contribution in [2.45, 2.75) is 57.4 Å². The summed E-state index contributed by atoms with van der Waals surface area (Å²) in [6, 6.07) is -0.246. The zero-order valence-electron chi connectivity index (χ0n) is 12.0. The van der Waals surface area contributed by atoms with Crippen LogP contribution >= 0.6 is 0 Å². The molecular weight excluding hydrogens is 258 g/mol. The second-order valence-electron chi connectivity index (χ2n) is 6.07. The first kappa shape index (κ1) is 15.3. The van der Waals surface area contributed by atoms with E-state index in [1.54, 1.807) is 0 Å². The van der Waals surface area contributed by atoms with Crippen molar-refractivity contribution in [3.05, 3.63) is 0 Å². The molecule has 0 aliphatic heterocycles. The summed E-state index contributed by atoms with van der Waals surface area (Å²) >= 11 is 0. The number of carboxylic acids is 1. The highest BCUT2D eigenvalue weighted by Crippen LogP contribution is 2.28. The fraction of sp³-hybridized carbons (Fsp3) is 0.867. The summed E-state index contributed by atoms with van der Waals surface area (Å²) in [4.78, 5) is 23.2. The van der Waals surface area contributed by atoms with Gasteiger partial charge in [-0.3, -0.25) is 9.59 Å². The SMILES string of the molecule is O=C(COCC1CC1)NC1CCCCCCC1C(=O)O. The van der Waals surface area contributed by atoms with Crippen molar-refractivity contribution in [1.29, 1.82) is 0 Å². The Hall–Kier alpha value is -1.10. The number of amides is 1. The van der Waals surface area contributed by atoms with E-state index in [9.17, 15) is 14.7 Å². The number of carbonyl (C=O) groups is 2. The molecule has 5 heteroatoms. The van der Waals surface area contributed by atoms with Crippen LogP contribution in [0.4, 0.5) is 0 Å². The number of nitrogens with one attached hydrogen (secondary N) is 1. The minimum Gasteiger partial charge on any atom is -0.481 e. The van der Waals surface area contributed by atoms with Crippen LogP contribution in [0.15, 0.2) is 0 Å². The molecule has 2 atom stereocenters. The number of rotatable bonds is 6. The lowest BCUT2D eigenvalue weighted by molar-refractivity contribution is -0.143. The van der Waals surface area contributed by atoms with Crippen LogP contribution in [0.1, 0.15) is 51.4 Å². The first-order chi connectivity index (χ1) is 9.66. The number of aliphatic carboxylic acids is 1. The quantitative estimate of drug-likeness (QED) is 0.781. The van der Waals surface area contributed by atoms with Crippen molar-refractivity contribution >= 4 is 11.9 Å². The van der Waals surface area contributed by atoms with Gasteiger partial charge in [0, 0.05) is 6.04 Å². The molecule has 0 spiro atoms. The molecule has 0 aromatic heterocycles. The number of carbonyl (C=O) groups excluding carboxylic acids is 1. The molecule has 2 N–H and O–H groups in total. The molecule has 0 saturated heterocycles. The molecule has 2 aliphatic rings. The fourth-order valence-electron chi connectivity index (χ4n) is 2.80. The van der Waals surface area contributed by atoms with E-state index in [4.69, 9.17) is 4.74 Å². The van der Waals surface area contributed by atoms with Crippen LogP contribution < -0.4 is 5.32 Å². The highest BCUT2D eigenvalue weighted by Gasteiger charge is 2.30. The molecule has 2 aliphatic carbocycles. The van der Waals surface area contributed by atoms with Crippen LogP contribution in [0, 0.1) is 11.8 Å². The van der Waals surface area contributed by atoms with Gasteiger partial charge in [0.15, 0.2) is 0 Å². The first-order valence-electron chi connectivity index (χ1n) is 7.76. The maximum absolute atomic E-state index is 11.9. The average molecular weight is 283 g/mol. The Balaban J connectivity index is 1.78. The standard InChI is InChI=1S/C15H25NO4/c17-14(10-20-9-11-7-8-11)16-13-6-4-2-1-3-5-12(13)15(18)19/h11-13H,1-10H2,(H,16,17)(H,18,19). The Morgan fingerprint density at radius 3 is 2.40 bits per heavy atom. The van der Waals surface area contributed by atoms with Gasteiger partial charge in [-0.15, -0.1) is 0 Å². The van der Waals surface area contributed by atoms with E-state index in [1.165, 1.54) is 12.8 Å². The summed E-state index contributed by atoms with van der Waals surface area (Å²) in [5.74, 6) is -0.794. The van der Waals surface area contributed by atoms with E-state index in [0.717, 1.165) is 32.1 Å². The van der Waals surface area contributed by atoms with Gasteiger partial charge in [-0.2, -0.15) is 0 Å². The maximum atomic E-state index is 11.9. The van der Waals surface area contributed by atoms with E-state index >= 15 is 0 Å². The molecule has 2 rings (SSSR count). The lowest BCUT2D eigenvalue weighted by Gasteiger charge is -2.27. The molecule has 0 aromatic rings. The smallest absolute Gasteiger partial charge is 0.308 e. The Bertz CT molecular complexity index is 341. The normalized spacial score (nSPS) is 27.4. The molecule has 0 radical (unpaired) electrons. The van der Waals surface area contributed by atoms with Gasteiger partial charge in [-0.05, 0) is 31.6 Å². The molecule has 0 heterocycles. The van der Waals surface area contributed by atoms with Crippen molar-refractivity contribution in [2.75, 3.05) is 13.2 Å². The highest BCUT2D eigenvalue weighted by molar-refractivity contribution is 5.79. The van der Waals surface area contributed by atoms with Crippen molar-refractivity contribution in [1.82, 2.24) is 5.32 Å². The van der Waals surface area contributed by atoms with Gasteiger partial charge in [0.25, 0.3) is 0 Å². The summed E-state index contributed by atoms with van der Waals surface area (Å²) in [6.45, 7) is 0.708. The van der Waals surface area contributed by atoms with Crippen LogP contribution in [-0.2, 0) is 14.3 Å².